The molecule has 0 fully saturated rings. The second-order valence-corrected chi connectivity index (χ2v) is 9.83. The van der Waals surface area contributed by atoms with Crippen molar-refractivity contribution >= 4 is 12.1 Å². The number of aromatic nitrogens is 2. The summed E-state index contributed by atoms with van der Waals surface area (Å²) in [5, 5.41) is 9.03. The van der Waals surface area contributed by atoms with Crippen LogP contribution in [0.15, 0.2) is 120 Å². The molecule has 1 unspecified atom stereocenters. The van der Waals surface area contributed by atoms with Crippen molar-refractivity contribution in [2.24, 2.45) is 5.10 Å². The number of ether oxygens (including phenoxy) is 3. The Balaban J connectivity index is 1.22. The van der Waals surface area contributed by atoms with Crippen molar-refractivity contribution < 1.29 is 19.0 Å². The number of benzene rings is 4. The lowest BCUT2D eigenvalue weighted by molar-refractivity contribution is -0.127. The van der Waals surface area contributed by atoms with Crippen LogP contribution in [0.25, 0.3) is 16.9 Å². The highest BCUT2D eigenvalue weighted by Crippen LogP contribution is 2.25. The number of rotatable bonds is 13. The van der Waals surface area contributed by atoms with Crippen LogP contribution in [-0.4, -0.2) is 34.6 Å². The van der Waals surface area contributed by atoms with Gasteiger partial charge in [-0.05, 0) is 79.6 Å². The molecule has 0 saturated carbocycles. The van der Waals surface area contributed by atoms with E-state index in [-0.39, 0.29) is 5.91 Å². The van der Waals surface area contributed by atoms with Crippen LogP contribution in [0.4, 0.5) is 0 Å². The molecular weight excluding hydrogens is 540 g/mol. The van der Waals surface area contributed by atoms with Crippen molar-refractivity contribution in [2.45, 2.75) is 33.0 Å². The number of hydrazone groups is 1. The summed E-state index contributed by atoms with van der Waals surface area (Å²) >= 11 is 0. The number of carbonyl (C=O) groups excluding carboxylic acids is 1. The van der Waals surface area contributed by atoms with E-state index in [1.807, 2.05) is 103 Å². The molecule has 0 radical (unpaired) electrons. The third kappa shape index (κ3) is 8.10. The molecule has 1 heterocycles. The number of para-hydroxylation sites is 1. The van der Waals surface area contributed by atoms with Crippen LogP contribution in [0, 0.1) is 0 Å². The van der Waals surface area contributed by atoms with E-state index in [4.69, 9.17) is 19.3 Å². The standard InChI is InChI=1S/C35H34N4O4/c1-3-22-41-31-16-14-28(15-17-31)34-29(24-39(38-34)30-12-8-5-9-13-30)23-36-37-35(40)26(2)43-33-20-18-32(19-21-33)42-25-27-10-6-4-7-11-27/h4-21,23-24,26H,3,22,25H2,1-2H3,(H,37,40)/b36-23+. The van der Waals surface area contributed by atoms with Gasteiger partial charge in [-0.3, -0.25) is 4.79 Å². The highest BCUT2D eigenvalue weighted by molar-refractivity contribution is 5.90. The third-order valence-corrected chi connectivity index (χ3v) is 6.50. The SMILES string of the molecule is CCCOc1ccc(-c2nn(-c3ccccc3)cc2/C=N/NC(=O)C(C)Oc2ccc(OCc3ccccc3)cc2)cc1. The summed E-state index contributed by atoms with van der Waals surface area (Å²) in [6, 6.07) is 34.7. The number of nitrogens with zero attached hydrogens (tertiary/aromatic N) is 3. The molecule has 0 spiro atoms. The van der Waals surface area contributed by atoms with Crippen molar-refractivity contribution in [1.29, 1.82) is 0 Å². The fourth-order valence-corrected chi connectivity index (χ4v) is 4.22. The fraction of sp³-hybridized carbons (Fsp3) is 0.171. The molecule has 8 nitrogen and oxygen atoms in total. The van der Waals surface area contributed by atoms with E-state index in [1.165, 1.54) is 0 Å². The first-order valence-corrected chi connectivity index (χ1v) is 14.2. The maximum Gasteiger partial charge on any atom is 0.280 e. The van der Waals surface area contributed by atoms with E-state index in [2.05, 4.69) is 17.5 Å². The zero-order valence-electron chi connectivity index (χ0n) is 24.2. The predicted octanol–water partition coefficient (Wildman–Crippen LogP) is 6.82. The molecule has 4 aromatic carbocycles. The fourth-order valence-electron chi connectivity index (χ4n) is 4.22. The number of nitrogens with one attached hydrogen (secondary N) is 1. The first-order chi connectivity index (χ1) is 21.1. The number of carbonyl (C=O) groups is 1. The first kappa shape index (κ1) is 29.1. The summed E-state index contributed by atoms with van der Waals surface area (Å²) < 4.78 is 19.2. The van der Waals surface area contributed by atoms with E-state index < -0.39 is 6.10 Å². The molecule has 0 aliphatic heterocycles. The predicted molar refractivity (Wildman–Crippen MR) is 168 cm³/mol. The number of amides is 1. The molecule has 1 aromatic heterocycles. The van der Waals surface area contributed by atoms with Gasteiger partial charge in [0, 0.05) is 17.3 Å². The monoisotopic (exact) mass is 574 g/mol. The van der Waals surface area contributed by atoms with Gasteiger partial charge in [0.25, 0.3) is 5.91 Å². The van der Waals surface area contributed by atoms with E-state index in [0.717, 1.165) is 40.2 Å². The largest absolute Gasteiger partial charge is 0.494 e. The van der Waals surface area contributed by atoms with Gasteiger partial charge in [-0.25, -0.2) is 10.1 Å². The molecule has 1 amide bonds. The topological polar surface area (TPSA) is 87.0 Å². The van der Waals surface area contributed by atoms with Crippen LogP contribution in [0.1, 0.15) is 31.4 Å². The average Bonchev–Trinajstić information content (AvgIpc) is 3.48. The van der Waals surface area contributed by atoms with Crippen molar-refractivity contribution in [3.8, 4) is 34.2 Å². The lowest BCUT2D eigenvalue weighted by Crippen LogP contribution is -2.33. The van der Waals surface area contributed by atoms with Crippen LogP contribution in [-0.2, 0) is 11.4 Å². The quantitative estimate of drug-likeness (QED) is 0.123. The Bertz CT molecular complexity index is 1620. The molecule has 43 heavy (non-hydrogen) atoms. The van der Waals surface area contributed by atoms with Crippen molar-refractivity contribution in [1.82, 2.24) is 15.2 Å². The zero-order chi connectivity index (χ0) is 29.9. The molecule has 5 rings (SSSR count). The van der Waals surface area contributed by atoms with Gasteiger partial charge >= 0.3 is 0 Å². The summed E-state index contributed by atoms with van der Waals surface area (Å²) in [6.07, 6.45) is 3.64. The normalized spacial score (nSPS) is 11.7. The molecule has 0 aliphatic rings. The van der Waals surface area contributed by atoms with E-state index in [0.29, 0.717) is 24.7 Å². The maximum absolute atomic E-state index is 12.8. The first-order valence-electron chi connectivity index (χ1n) is 14.2. The van der Waals surface area contributed by atoms with Crippen LogP contribution in [0.3, 0.4) is 0 Å². The summed E-state index contributed by atoms with van der Waals surface area (Å²) in [6.45, 7) is 4.88. The van der Waals surface area contributed by atoms with Gasteiger partial charge in [0.1, 0.15) is 29.5 Å². The van der Waals surface area contributed by atoms with Gasteiger partial charge in [-0.2, -0.15) is 10.2 Å². The van der Waals surface area contributed by atoms with Crippen molar-refractivity contribution in [3.05, 3.63) is 127 Å². The van der Waals surface area contributed by atoms with Gasteiger partial charge in [-0.15, -0.1) is 0 Å². The third-order valence-electron chi connectivity index (χ3n) is 6.50. The summed E-state index contributed by atoms with van der Waals surface area (Å²) in [5.74, 6) is 1.69. The van der Waals surface area contributed by atoms with Crippen LogP contribution in [0.2, 0.25) is 0 Å². The molecule has 1 atom stereocenters. The summed E-state index contributed by atoms with van der Waals surface area (Å²) in [7, 11) is 0. The second kappa shape index (κ2) is 14.5. The highest BCUT2D eigenvalue weighted by Gasteiger charge is 2.15. The molecule has 0 bridgehead atoms. The zero-order valence-corrected chi connectivity index (χ0v) is 24.2. The van der Waals surface area contributed by atoms with E-state index in [9.17, 15) is 4.79 Å². The van der Waals surface area contributed by atoms with Gasteiger partial charge in [0.15, 0.2) is 6.10 Å². The smallest absolute Gasteiger partial charge is 0.280 e. The van der Waals surface area contributed by atoms with Crippen LogP contribution >= 0.6 is 0 Å². The Hall–Kier alpha value is -5.37. The van der Waals surface area contributed by atoms with Crippen molar-refractivity contribution in [2.75, 3.05) is 6.61 Å². The molecule has 1 N–H and O–H groups in total. The molecule has 218 valence electrons. The summed E-state index contributed by atoms with van der Waals surface area (Å²) in [4.78, 5) is 12.8. The van der Waals surface area contributed by atoms with Gasteiger partial charge < -0.3 is 14.2 Å². The van der Waals surface area contributed by atoms with Gasteiger partial charge in [-0.1, -0.05) is 55.5 Å². The Morgan fingerprint density at radius 1 is 0.860 bits per heavy atom. The Morgan fingerprint density at radius 3 is 2.19 bits per heavy atom. The molecular formula is C35H34N4O4. The van der Waals surface area contributed by atoms with Crippen molar-refractivity contribution in [3.63, 3.8) is 0 Å². The van der Waals surface area contributed by atoms with Gasteiger partial charge in [0.05, 0.1) is 18.5 Å². The Morgan fingerprint density at radius 2 is 1.49 bits per heavy atom. The van der Waals surface area contributed by atoms with E-state index in [1.54, 1.807) is 30.0 Å². The van der Waals surface area contributed by atoms with Crippen LogP contribution in [0.5, 0.6) is 17.2 Å². The molecule has 5 aromatic rings. The Kier molecular flexibility index (Phi) is 9.82. The minimum Gasteiger partial charge on any atom is -0.494 e. The molecule has 0 aliphatic carbocycles. The summed E-state index contributed by atoms with van der Waals surface area (Å²) in [5.41, 5.74) is 6.95. The minimum atomic E-state index is -0.768. The lowest BCUT2D eigenvalue weighted by atomic mass is 10.1. The highest BCUT2D eigenvalue weighted by atomic mass is 16.5. The molecule has 0 saturated heterocycles. The Labute approximate surface area is 251 Å². The van der Waals surface area contributed by atoms with Gasteiger partial charge in [0.2, 0.25) is 0 Å². The maximum atomic E-state index is 12.8. The number of hydrogen-bond donors (Lipinski definition) is 1. The van der Waals surface area contributed by atoms with Crippen LogP contribution < -0.4 is 19.6 Å². The minimum absolute atomic E-state index is 0.380. The lowest BCUT2D eigenvalue weighted by Gasteiger charge is -2.13. The molecule has 8 heteroatoms. The van der Waals surface area contributed by atoms with E-state index >= 15 is 0 Å². The average molecular weight is 575 g/mol. The second-order valence-electron chi connectivity index (χ2n) is 9.83. The number of hydrogen-bond acceptors (Lipinski definition) is 6.